The smallest absolute Gasteiger partial charge is 0.422 e. The third kappa shape index (κ3) is 40.3. The van der Waals surface area contributed by atoms with Crippen molar-refractivity contribution in [1.82, 2.24) is 0 Å². The van der Waals surface area contributed by atoms with Gasteiger partial charge in [0.15, 0.2) is 6.10 Å². The second-order valence-electron chi connectivity index (χ2n) is 24.9. The van der Waals surface area contributed by atoms with E-state index in [0.717, 1.165) is 0 Å². The number of cyclic esters (lactones) is 8. The van der Waals surface area contributed by atoms with Gasteiger partial charge in [0, 0.05) is 44.9 Å². The molecule has 0 amide bonds. The molecule has 56 heteroatoms. The summed E-state index contributed by atoms with van der Waals surface area (Å²) >= 11 is 0. The Balaban J connectivity index is 0.000000714. The van der Waals surface area contributed by atoms with E-state index in [4.69, 9.17) is 0 Å². The molecule has 8 heterocycles. The SMILES string of the molecule is C=C(C(=O)OC1(C)CCOC1=O)C(F)(F)F.C=C(C(=O)OC1CCC(=O)O1)C(F)(F)F.C=C(C(=O)OC1CCC(=O)OC1)C(F)(F)F.C=C(C(=O)OC1CCCC(=O)O1)C(F)(F)F.C=C(C(=O)OC1CCCOC1=O)C(F)(F)F.C=C(C(=O)OC1CCOC(=O)C1)C(F)(F)F.C=C(C(=O)OC1CCOC1=O)C(F)(F)F.C=C(C(=O)OC1COC(=O)C1)C(F)(F)F. The zero-order chi connectivity index (χ0) is 96.9. The second kappa shape index (κ2) is 47.0. The lowest BCUT2D eigenvalue weighted by atomic mass is 10.1. The van der Waals surface area contributed by atoms with Gasteiger partial charge < -0.3 is 75.8 Å². The van der Waals surface area contributed by atoms with E-state index >= 15 is 0 Å². The van der Waals surface area contributed by atoms with Crippen LogP contribution in [0.3, 0.4) is 0 Å². The minimum atomic E-state index is -4.87. The maximum absolute atomic E-state index is 12.1. The molecule has 0 aromatic rings. The molecule has 8 rings (SSSR count). The zero-order valence-electron chi connectivity index (χ0n) is 63.5. The lowest BCUT2D eigenvalue weighted by Gasteiger charge is -2.22. The molecular formula is C69H66F24O32. The number of halogens is 24. The highest BCUT2D eigenvalue weighted by molar-refractivity contribution is 5.95. The van der Waals surface area contributed by atoms with Crippen LogP contribution >= 0.6 is 0 Å². The topological polar surface area (TPSA) is 421 Å². The van der Waals surface area contributed by atoms with Gasteiger partial charge in [-0.15, -0.1) is 0 Å². The van der Waals surface area contributed by atoms with Gasteiger partial charge in [0.1, 0.15) is 76.1 Å². The summed E-state index contributed by atoms with van der Waals surface area (Å²) in [6, 6.07) is 0. The van der Waals surface area contributed by atoms with Crippen molar-refractivity contribution in [2.24, 2.45) is 0 Å². The number of hydrogen-bond acceptors (Lipinski definition) is 32. The summed E-state index contributed by atoms with van der Waals surface area (Å²) in [5, 5.41) is 0. The van der Waals surface area contributed by atoms with Crippen LogP contribution < -0.4 is 0 Å². The minimum Gasteiger partial charge on any atom is -0.465 e. The molecule has 0 aliphatic carbocycles. The first-order valence-electron chi connectivity index (χ1n) is 34.0. The van der Waals surface area contributed by atoms with E-state index in [-0.39, 0.29) is 117 Å². The first-order valence-corrected chi connectivity index (χ1v) is 34.0. The molecule has 0 radical (unpaired) electrons. The Morgan fingerprint density at radius 3 is 0.952 bits per heavy atom. The summed E-state index contributed by atoms with van der Waals surface area (Å²) < 4.78 is 359. The van der Waals surface area contributed by atoms with Crippen LogP contribution in [0.15, 0.2) is 97.2 Å². The molecule has 8 aliphatic rings. The third-order valence-corrected chi connectivity index (χ3v) is 15.0. The van der Waals surface area contributed by atoms with Crippen molar-refractivity contribution in [2.75, 3.05) is 39.6 Å². The van der Waals surface area contributed by atoms with E-state index < -0.39 is 238 Å². The van der Waals surface area contributed by atoms with Crippen LogP contribution in [0.2, 0.25) is 0 Å². The van der Waals surface area contributed by atoms with E-state index in [2.05, 4.69) is 128 Å². The monoisotopic (exact) mass is 1860 g/mol. The molecule has 125 heavy (non-hydrogen) atoms. The van der Waals surface area contributed by atoms with Crippen LogP contribution in [0.4, 0.5) is 105 Å². The Morgan fingerprint density at radius 1 is 0.304 bits per heavy atom. The van der Waals surface area contributed by atoms with Gasteiger partial charge in [-0.1, -0.05) is 52.6 Å². The number of esters is 16. The zero-order valence-corrected chi connectivity index (χ0v) is 63.5. The van der Waals surface area contributed by atoms with Gasteiger partial charge >= 0.3 is 145 Å². The fourth-order valence-corrected chi connectivity index (χ4v) is 8.04. The molecule has 32 nitrogen and oxygen atoms in total. The predicted octanol–water partition coefficient (Wildman–Crippen LogP) is 10.4. The van der Waals surface area contributed by atoms with Crippen LogP contribution in [0.25, 0.3) is 0 Å². The predicted molar refractivity (Wildman–Crippen MR) is 348 cm³/mol. The van der Waals surface area contributed by atoms with Gasteiger partial charge in [0.2, 0.25) is 24.3 Å². The van der Waals surface area contributed by atoms with Crippen molar-refractivity contribution in [3.63, 3.8) is 0 Å². The van der Waals surface area contributed by atoms with Crippen molar-refractivity contribution in [3.05, 3.63) is 97.2 Å². The van der Waals surface area contributed by atoms with E-state index in [1.165, 1.54) is 6.92 Å². The fraction of sp³-hybridized carbons (Fsp3) is 0.536. The number of rotatable bonds is 16. The summed E-state index contributed by atoms with van der Waals surface area (Å²) in [4.78, 5) is 173. The van der Waals surface area contributed by atoms with Gasteiger partial charge in [0.25, 0.3) is 0 Å². The average molecular weight is 1860 g/mol. The van der Waals surface area contributed by atoms with Crippen molar-refractivity contribution < 1.29 is 258 Å². The van der Waals surface area contributed by atoms with Gasteiger partial charge in [-0.25, -0.2) is 52.7 Å². The fourth-order valence-electron chi connectivity index (χ4n) is 8.04. The molecule has 0 aromatic carbocycles. The Bertz CT molecular complexity index is 3950. The van der Waals surface area contributed by atoms with Crippen molar-refractivity contribution >= 4 is 95.5 Å². The molecular weight excluding hydrogens is 1800 g/mol. The second-order valence-corrected chi connectivity index (χ2v) is 24.9. The molecule has 8 atom stereocenters. The lowest BCUT2D eigenvalue weighted by Crippen LogP contribution is -2.38. The van der Waals surface area contributed by atoms with E-state index in [0.29, 0.717) is 12.8 Å². The Morgan fingerprint density at radius 2 is 0.624 bits per heavy atom. The standard InChI is InChI=1S/5C9H9F3O4.3C8H7F3O4/c1-5(9(10,11)12)6(13)16-8(2)3-4-15-7(8)14;1-5(9(10,11)12)8(14)16-6-2-3-15-7(13)4-6;1-5(9(10,11)12)8(14)16-6-2-3-7(13)15-4-6;1-5(9(10,11)12)7(13)16-6-3-2-4-15-8(6)14;1-5(9(10,11)12)8(14)16-7-4-2-3-6(13)15-7;1-4(8(9,10)11)7(13)15-5-2-6(12)14-3-5;1-4(8(9,10)11)6(12)15-5-2-3-14-7(5)13;1-4(8(9,10)11)7(13)15-6-3-2-5(12)14-6/h1,3-4H2,2H3;3*6H,1-4H2;7H,1-4H2;2*5H,1-3H2;6H,1-3H2. The van der Waals surface area contributed by atoms with Crippen molar-refractivity contribution in [3.8, 4) is 0 Å². The first-order chi connectivity index (χ1) is 56.8. The highest BCUT2D eigenvalue weighted by Gasteiger charge is 2.50. The molecule has 0 saturated carbocycles. The summed E-state index contributed by atoms with van der Waals surface area (Å²) in [6.45, 7) is 21.6. The maximum atomic E-state index is 12.1. The molecule has 8 saturated heterocycles. The van der Waals surface area contributed by atoms with Crippen LogP contribution in [-0.4, -0.2) is 233 Å². The average Bonchev–Trinajstić information content (AvgIpc) is 1.67. The number of carbonyl (C=O) groups excluding carboxylic acids is 16. The molecule has 8 fully saturated rings. The summed E-state index contributed by atoms with van der Waals surface area (Å²) in [7, 11) is 0. The Labute approximate surface area is 683 Å². The summed E-state index contributed by atoms with van der Waals surface area (Å²) in [5.74, 6) is -18.2. The van der Waals surface area contributed by atoms with Crippen LogP contribution in [0.5, 0.6) is 0 Å². The summed E-state index contributed by atoms with van der Waals surface area (Å²) in [6.07, 6.45) is -44.8. The number of hydrogen-bond donors (Lipinski definition) is 0. The maximum Gasteiger partial charge on any atom is 0.422 e. The minimum absolute atomic E-state index is 0.0150. The van der Waals surface area contributed by atoms with E-state index in [1.807, 2.05) is 0 Å². The van der Waals surface area contributed by atoms with Gasteiger partial charge in [-0.3, -0.25) is 24.0 Å². The molecule has 0 aromatic heterocycles. The van der Waals surface area contributed by atoms with Gasteiger partial charge in [0.05, 0.1) is 45.7 Å². The molecule has 0 N–H and O–H groups in total. The molecule has 702 valence electrons. The molecule has 8 unspecified atom stereocenters. The van der Waals surface area contributed by atoms with E-state index in [1.54, 1.807) is 0 Å². The number of alkyl halides is 24. The van der Waals surface area contributed by atoms with Gasteiger partial charge in [-0.05, 0) is 32.6 Å². The van der Waals surface area contributed by atoms with Crippen LogP contribution in [0, 0.1) is 0 Å². The molecule has 0 spiro atoms. The van der Waals surface area contributed by atoms with Crippen LogP contribution in [0.1, 0.15) is 96.8 Å². The largest absolute Gasteiger partial charge is 0.465 e. The number of ether oxygens (including phenoxy) is 16. The quantitative estimate of drug-likeness (QED) is 0.0599. The van der Waals surface area contributed by atoms with Crippen molar-refractivity contribution in [2.45, 2.75) is 195 Å². The lowest BCUT2D eigenvalue weighted by molar-refractivity contribution is -0.196. The molecule has 0 bridgehead atoms. The normalized spacial score (nSPS) is 21.6. The van der Waals surface area contributed by atoms with Crippen molar-refractivity contribution in [1.29, 1.82) is 0 Å². The highest BCUT2D eigenvalue weighted by atomic mass is 19.4. The summed E-state index contributed by atoms with van der Waals surface area (Å²) in [5.41, 5.74) is -14.5. The van der Waals surface area contributed by atoms with Crippen LogP contribution in [-0.2, 0) is 153 Å². The number of carbonyl (C=O) groups is 16. The van der Waals surface area contributed by atoms with Gasteiger partial charge in [-0.2, -0.15) is 105 Å². The molecule has 8 aliphatic heterocycles. The highest BCUT2D eigenvalue weighted by Crippen LogP contribution is 2.35. The first kappa shape index (κ1) is 111. The Kier molecular flexibility index (Phi) is 41.7. The van der Waals surface area contributed by atoms with E-state index in [9.17, 15) is 182 Å². The third-order valence-electron chi connectivity index (χ3n) is 15.0. The Hall–Kier alpha value is -12.2.